The molecular weight excluding hydrogens is 256 g/mol. The number of furan rings is 1. The minimum Gasteiger partial charge on any atom is -0.466 e. The van der Waals surface area contributed by atoms with E-state index >= 15 is 0 Å². The molecule has 0 aliphatic rings. The van der Waals surface area contributed by atoms with E-state index in [2.05, 4.69) is 18.3 Å². The summed E-state index contributed by atoms with van der Waals surface area (Å²) in [5, 5.41) is 3.43. The minimum absolute atomic E-state index is 0.132. The Morgan fingerprint density at radius 1 is 1.32 bits per heavy atom. The molecular formula is C15H18N2OS. The van der Waals surface area contributed by atoms with Crippen LogP contribution >= 0.6 is 12.2 Å². The van der Waals surface area contributed by atoms with E-state index < -0.39 is 0 Å². The highest BCUT2D eigenvalue weighted by Crippen LogP contribution is 2.26. The van der Waals surface area contributed by atoms with Crippen LogP contribution in [-0.4, -0.2) is 4.99 Å². The van der Waals surface area contributed by atoms with Crippen molar-refractivity contribution in [2.24, 2.45) is 5.73 Å². The number of nitrogens with two attached hydrogens (primary N) is 1. The number of aryl methyl sites for hydroxylation is 2. The Morgan fingerprint density at radius 2 is 2.00 bits per heavy atom. The Morgan fingerprint density at radius 3 is 2.58 bits per heavy atom. The van der Waals surface area contributed by atoms with Gasteiger partial charge in [0.15, 0.2) is 0 Å². The molecule has 3 N–H and O–H groups in total. The summed E-state index contributed by atoms with van der Waals surface area (Å²) in [5.41, 5.74) is 8.69. The fraction of sp³-hybridized carbons (Fsp3) is 0.267. The number of benzene rings is 1. The third-order valence-electron chi connectivity index (χ3n) is 3.11. The van der Waals surface area contributed by atoms with Crippen molar-refractivity contribution in [3.05, 3.63) is 53.0 Å². The predicted octanol–water partition coefficient (Wildman–Crippen LogP) is 3.70. The average molecular weight is 274 g/mol. The lowest BCUT2D eigenvalue weighted by Crippen LogP contribution is -2.15. The molecule has 1 atom stereocenters. The number of anilines is 1. The van der Waals surface area contributed by atoms with Gasteiger partial charge in [0.25, 0.3) is 0 Å². The molecule has 2 aromatic rings. The van der Waals surface area contributed by atoms with Crippen molar-refractivity contribution in [2.45, 2.75) is 26.8 Å². The van der Waals surface area contributed by atoms with E-state index in [9.17, 15) is 0 Å². The van der Waals surface area contributed by atoms with E-state index in [1.165, 1.54) is 0 Å². The fourth-order valence-electron chi connectivity index (χ4n) is 2.22. The van der Waals surface area contributed by atoms with Gasteiger partial charge in [0.1, 0.15) is 16.5 Å². The van der Waals surface area contributed by atoms with Crippen LogP contribution in [0.2, 0.25) is 0 Å². The molecule has 4 heteroatoms. The molecule has 0 amide bonds. The quantitative estimate of drug-likeness (QED) is 0.835. The predicted molar refractivity (Wildman–Crippen MR) is 82.5 cm³/mol. The van der Waals surface area contributed by atoms with Gasteiger partial charge in [0.2, 0.25) is 0 Å². The number of thiocarbonyl (C=S) groups is 1. The van der Waals surface area contributed by atoms with Gasteiger partial charge in [-0.05, 0) is 39.0 Å². The Balaban J connectivity index is 2.26. The second kappa shape index (κ2) is 5.45. The van der Waals surface area contributed by atoms with Gasteiger partial charge in [-0.25, -0.2) is 0 Å². The molecule has 19 heavy (non-hydrogen) atoms. The van der Waals surface area contributed by atoms with Gasteiger partial charge in [-0.1, -0.05) is 24.4 Å². The van der Waals surface area contributed by atoms with Gasteiger partial charge in [0, 0.05) is 16.8 Å². The highest BCUT2D eigenvalue weighted by molar-refractivity contribution is 7.80. The van der Waals surface area contributed by atoms with E-state index in [0.717, 1.165) is 28.3 Å². The molecule has 1 aromatic heterocycles. The Kier molecular flexibility index (Phi) is 3.90. The molecule has 0 aliphatic heterocycles. The molecule has 0 bridgehead atoms. The van der Waals surface area contributed by atoms with Crippen molar-refractivity contribution in [3.8, 4) is 0 Å². The normalized spacial score (nSPS) is 12.2. The first-order valence-corrected chi connectivity index (χ1v) is 6.62. The third kappa shape index (κ3) is 2.96. The molecule has 2 rings (SSSR count). The number of hydrogen-bond acceptors (Lipinski definition) is 3. The summed E-state index contributed by atoms with van der Waals surface area (Å²) in [6.07, 6.45) is 0. The van der Waals surface area contributed by atoms with Crippen LogP contribution in [0.4, 0.5) is 5.69 Å². The van der Waals surface area contributed by atoms with Gasteiger partial charge in [-0.15, -0.1) is 0 Å². The zero-order chi connectivity index (χ0) is 14.0. The molecule has 3 nitrogen and oxygen atoms in total. The van der Waals surface area contributed by atoms with E-state index in [4.69, 9.17) is 22.4 Å². The molecule has 1 aromatic carbocycles. The monoisotopic (exact) mass is 274 g/mol. The minimum atomic E-state index is 0.132. The molecule has 0 saturated carbocycles. The lowest BCUT2D eigenvalue weighted by atomic mass is 10.1. The van der Waals surface area contributed by atoms with Gasteiger partial charge >= 0.3 is 0 Å². The molecule has 1 heterocycles. The zero-order valence-electron chi connectivity index (χ0n) is 11.4. The second-order valence-electron chi connectivity index (χ2n) is 4.64. The molecule has 0 aliphatic carbocycles. The highest BCUT2D eigenvalue weighted by atomic mass is 32.1. The van der Waals surface area contributed by atoms with Crippen LogP contribution < -0.4 is 11.1 Å². The van der Waals surface area contributed by atoms with Crippen molar-refractivity contribution >= 4 is 22.9 Å². The Bertz CT molecular complexity index is 604. The van der Waals surface area contributed by atoms with Crippen molar-refractivity contribution in [1.29, 1.82) is 0 Å². The number of rotatable bonds is 4. The lowest BCUT2D eigenvalue weighted by Gasteiger charge is -2.17. The average Bonchev–Trinajstić information content (AvgIpc) is 2.69. The summed E-state index contributed by atoms with van der Waals surface area (Å²) in [6.45, 7) is 6.01. The summed E-state index contributed by atoms with van der Waals surface area (Å²) in [5.74, 6) is 1.86. The van der Waals surface area contributed by atoms with Crippen LogP contribution in [0, 0.1) is 13.8 Å². The van der Waals surface area contributed by atoms with Gasteiger partial charge < -0.3 is 15.5 Å². The maximum absolute atomic E-state index is 5.74. The molecule has 0 spiro atoms. The summed E-state index contributed by atoms with van der Waals surface area (Å²) in [4.78, 5) is 0.399. The first kappa shape index (κ1) is 13.6. The van der Waals surface area contributed by atoms with Gasteiger partial charge in [-0.2, -0.15) is 0 Å². The van der Waals surface area contributed by atoms with E-state index in [1.807, 2.05) is 38.1 Å². The molecule has 100 valence electrons. The molecule has 0 saturated heterocycles. The van der Waals surface area contributed by atoms with Crippen LogP contribution in [0.25, 0.3) is 0 Å². The summed E-state index contributed by atoms with van der Waals surface area (Å²) < 4.78 is 5.56. The van der Waals surface area contributed by atoms with Crippen molar-refractivity contribution < 1.29 is 4.42 Å². The fourth-order valence-corrected chi connectivity index (χ4v) is 2.39. The molecule has 0 radical (unpaired) electrons. The summed E-state index contributed by atoms with van der Waals surface area (Å²) in [6, 6.07) is 9.98. The molecule has 1 unspecified atom stereocenters. The Hall–Kier alpha value is -1.81. The maximum Gasteiger partial charge on any atom is 0.106 e. The van der Waals surface area contributed by atoms with Crippen LogP contribution in [0.1, 0.15) is 35.6 Å². The SMILES string of the molecule is Cc1cc(C(C)Nc2ccccc2C(N)=S)c(C)o1. The van der Waals surface area contributed by atoms with Crippen LogP contribution in [0.3, 0.4) is 0 Å². The standard InChI is InChI=1S/C15H18N2OS/c1-9-8-13(11(3)18-9)10(2)17-14-7-5-4-6-12(14)15(16)19/h4-8,10,17H,1-3H3,(H2,16,19). The first-order chi connectivity index (χ1) is 8.99. The Labute approximate surface area is 118 Å². The van der Waals surface area contributed by atoms with Gasteiger partial charge in [-0.3, -0.25) is 0 Å². The summed E-state index contributed by atoms with van der Waals surface area (Å²) >= 11 is 5.07. The van der Waals surface area contributed by atoms with Crippen molar-refractivity contribution in [3.63, 3.8) is 0 Å². The lowest BCUT2D eigenvalue weighted by molar-refractivity contribution is 0.500. The van der Waals surface area contributed by atoms with Gasteiger partial charge in [0.05, 0.1) is 6.04 Å². The first-order valence-electron chi connectivity index (χ1n) is 6.21. The molecule has 0 fully saturated rings. The number of hydrogen-bond donors (Lipinski definition) is 2. The zero-order valence-corrected chi connectivity index (χ0v) is 12.2. The van der Waals surface area contributed by atoms with E-state index in [0.29, 0.717) is 4.99 Å². The number of para-hydroxylation sites is 1. The van der Waals surface area contributed by atoms with Crippen molar-refractivity contribution in [2.75, 3.05) is 5.32 Å². The summed E-state index contributed by atoms with van der Waals surface area (Å²) in [7, 11) is 0. The smallest absolute Gasteiger partial charge is 0.106 e. The van der Waals surface area contributed by atoms with E-state index in [-0.39, 0.29) is 6.04 Å². The van der Waals surface area contributed by atoms with Crippen LogP contribution in [0.15, 0.2) is 34.7 Å². The van der Waals surface area contributed by atoms with Crippen LogP contribution in [-0.2, 0) is 0 Å². The second-order valence-corrected chi connectivity index (χ2v) is 5.08. The van der Waals surface area contributed by atoms with Crippen LogP contribution in [0.5, 0.6) is 0 Å². The maximum atomic E-state index is 5.74. The van der Waals surface area contributed by atoms with Crippen molar-refractivity contribution in [1.82, 2.24) is 0 Å². The largest absolute Gasteiger partial charge is 0.466 e. The topological polar surface area (TPSA) is 51.2 Å². The number of nitrogens with one attached hydrogen (secondary N) is 1. The third-order valence-corrected chi connectivity index (χ3v) is 3.33. The highest BCUT2D eigenvalue weighted by Gasteiger charge is 2.14. The van der Waals surface area contributed by atoms with E-state index in [1.54, 1.807) is 0 Å².